The highest BCUT2D eigenvalue weighted by molar-refractivity contribution is 6.21. The molecule has 0 aromatic heterocycles. The number of nitrogens with zero attached hydrogens (tertiary/aromatic N) is 1. The van der Waals surface area contributed by atoms with Crippen molar-refractivity contribution in [3.05, 3.63) is 29.8 Å². The zero-order valence-corrected chi connectivity index (χ0v) is 10.1. The third kappa shape index (κ3) is 4.91. The zero-order valence-electron chi connectivity index (χ0n) is 9.33. The molecule has 0 amide bonds. The molecule has 0 atom stereocenters. The van der Waals surface area contributed by atoms with Crippen LogP contribution in [0.15, 0.2) is 24.3 Å². The summed E-state index contributed by atoms with van der Waals surface area (Å²) in [5.41, 5.74) is 6.25. The maximum atomic E-state index is 11.9. The third-order valence-electron chi connectivity index (χ3n) is 2.13. The number of nitrogens with two attached hydrogens (primary N) is 1. The molecule has 0 aliphatic heterocycles. The normalized spacial score (nSPS) is 10.0. The van der Waals surface area contributed by atoms with Crippen LogP contribution in [0.3, 0.4) is 0 Å². The molecule has 94 valence electrons. The molecule has 0 saturated carbocycles. The molecule has 0 aliphatic carbocycles. The van der Waals surface area contributed by atoms with Crippen molar-refractivity contribution >= 4 is 17.7 Å². The molecule has 6 heteroatoms. The number of benzene rings is 1. The average molecular weight is 260 g/mol. The van der Waals surface area contributed by atoms with Crippen molar-refractivity contribution in [1.29, 1.82) is 5.41 Å². The first-order valence-corrected chi connectivity index (χ1v) is 5.52. The fourth-order valence-electron chi connectivity index (χ4n) is 1.26. The lowest BCUT2D eigenvalue weighted by atomic mass is 10.1. The van der Waals surface area contributed by atoms with Gasteiger partial charge in [-0.1, -0.05) is 12.1 Å². The van der Waals surface area contributed by atoms with Crippen LogP contribution in [-0.4, -0.2) is 30.2 Å². The molecule has 1 rings (SSSR count). The summed E-state index contributed by atoms with van der Waals surface area (Å²) in [6, 6.07) is 7.30. The Morgan fingerprint density at radius 2 is 2.06 bits per heavy atom. The van der Waals surface area contributed by atoms with Crippen LogP contribution < -0.4 is 10.5 Å². The summed E-state index contributed by atoms with van der Waals surface area (Å²) < 4.78 is 18.1. The predicted molar refractivity (Wildman–Crippen MR) is 66.1 cm³/mol. The molecule has 0 unspecified atom stereocenters. The summed E-state index contributed by atoms with van der Waals surface area (Å²) in [4.78, 5) is 0. The van der Waals surface area contributed by atoms with E-state index in [1.54, 1.807) is 12.1 Å². The molecule has 1 aromatic carbocycles. The Bertz CT molecular complexity index is 358. The van der Waals surface area contributed by atoms with Crippen LogP contribution in [-0.2, 0) is 6.42 Å². The minimum Gasteiger partial charge on any atom is -0.491 e. The van der Waals surface area contributed by atoms with Crippen LogP contribution in [0.4, 0.5) is 4.39 Å². The maximum absolute atomic E-state index is 11.9. The topological polar surface area (TPSA) is 62.3 Å². The van der Waals surface area contributed by atoms with Crippen LogP contribution in [0.5, 0.6) is 5.75 Å². The Balaban J connectivity index is 2.42. The van der Waals surface area contributed by atoms with Gasteiger partial charge in [-0.05, 0) is 24.1 Å². The number of halogens is 2. The van der Waals surface area contributed by atoms with Crippen molar-refractivity contribution in [2.24, 2.45) is 5.73 Å². The molecule has 3 N–H and O–H groups in total. The van der Waals surface area contributed by atoms with Crippen molar-refractivity contribution in [3.8, 4) is 5.75 Å². The molecule has 1 aromatic rings. The van der Waals surface area contributed by atoms with Gasteiger partial charge in [-0.15, -0.1) is 0 Å². The summed E-state index contributed by atoms with van der Waals surface area (Å²) in [5, 5.41) is 7.09. The first-order valence-electron chi connectivity index (χ1n) is 5.18. The van der Waals surface area contributed by atoms with Gasteiger partial charge in [0.25, 0.3) is 0 Å². The van der Waals surface area contributed by atoms with Gasteiger partial charge >= 0.3 is 0 Å². The van der Waals surface area contributed by atoms with E-state index < -0.39 is 6.67 Å². The molecule has 0 spiro atoms. The molecule has 0 radical (unpaired) electrons. The van der Waals surface area contributed by atoms with E-state index in [9.17, 15) is 4.39 Å². The molecule has 0 fully saturated rings. The van der Waals surface area contributed by atoms with E-state index in [2.05, 4.69) is 0 Å². The van der Waals surface area contributed by atoms with Crippen LogP contribution in [0.25, 0.3) is 0 Å². The van der Waals surface area contributed by atoms with Crippen LogP contribution in [0.2, 0.25) is 0 Å². The van der Waals surface area contributed by atoms with Crippen molar-refractivity contribution in [2.75, 3.05) is 19.8 Å². The van der Waals surface area contributed by atoms with Gasteiger partial charge in [0.1, 0.15) is 19.0 Å². The summed E-state index contributed by atoms with van der Waals surface area (Å²) in [6.45, 7) is 0.0300. The number of alkyl halides is 1. The number of nitrogens with one attached hydrogen (secondary N) is 1. The number of hydrogen-bond acceptors (Lipinski definition) is 2. The van der Waals surface area contributed by atoms with E-state index in [1.807, 2.05) is 12.1 Å². The first kappa shape index (κ1) is 13.6. The van der Waals surface area contributed by atoms with Gasteiger partial charge in [0.05, 0.1) is 0 Å². The second-order valence-corrected chi connectivity index (χ2v) is 3.81. The molecule has 0 heterocycles. The van der Waals surface area contributed by atoms with E-state index in [1.165, 1.54) is 0 Å². The summed E-state index contributed by atoms with van der Waals surface area (Å²) in [5.74, 6) is 0.468. The van der Waals surface area contributed by atoms with Gasteiger partial charge in [0.2, 0.25) is 5.96 Å². The SMILES string of the molecule is N=C(N)N(Cl)CCc1ccc(OCCF)cc1. The van der Waals surface area contributed by atoms with E-state index >= 15 is 0 Å². The molecular weight excluding hydrogens is 245 g/mol. The fourth-order valence-corrected chi connectivity index (χ4v) is 1.34. The van der Waals surface area contributed by atoms with Gasteiger partial charge in [-0.3, -0.25) is 9.83 Å². The lowest BCUT2D eigenvalue weighted by Gasteiger charge is -2.12. The minimum absolute atomic E-state index is 0.0686. The average Bonchev–Trinajstić information content (AvgIpc) is 2.34. The molecular formula is C11H15ClFN3O. The summed E-state index contributed by atoms with van der Waals surface area (Å²) >= 11 is 5.68. The monoisotopic (exact) mass is 259 g/mol. The minimum atomic E-state index is -0.498. The van der Waals surface area contributed by atoms with Gasteiger partial charge in [-0.2, -0.15) is 0 Å². The molecule has 0 bridgehead atoms. The zero-order chi connectivity index (χ0) is 12.7. The first-order chi connectivity index (χ1) is 8.13. The molecule has 17 heavy (non-hydrogen) atoms. The Labute approximate surface area is 105 Å². The fraction of sp³-hybridized carbons (Fsp3) is 0.364. The van der Waals surface area contributed by atoms with Crippen LogP contribution in [0.1, 0.15) is 5.56 Å². The highest BCUT2D eigenvalue weighted by atomic mass is 35.5. The van der Waals surface area contributed by atoms with Gasteiger partial charge in [-0.25, -0.2) is 4.39 Å². The summed E-state index contributed by atoms with van der Waals surface area (Å²) in [6.07, 6.45) is 0.673. The van der Waals surface area contributed by atoms with E-state index in [0.717, 1.165) is 9.98 Å². The van der Waals surface area contributed by atoms with Crippen LogP contribution >= 0.6 is 11.8 Å². The van der Waals surface area contributed by atoms with Crippen LogP contribution in [0, 0.1) is 5.41 Å². The number of guanidine groups is 1. The Kier molecular flexibility index (Phi) is 5.56. The third-order valence-corrected chi connectivity index (χ3v) is 2.48. The van der Waals surface area contributed by atoms with E-state index in [4.69, 9.17) is 27.7 Å². The Hall–Kier alpha value is -1.49. The predicted octanol–water partition coefficient (Wildman–Crippen LogP) is 1.93. The number of rotatable bonds is 6. The second-order valence-electron chi connectivity index (χ2n) is 3.40. The number of ether oxygens (including phenoxy) is 1. The summed E-state index contributed by atoms with van der Waals surface area (Å²) in [7, 11) is 0. The van der Waals surface area contributed by atoms with Crippen molar-refractivity contribution in [2.45, 2.75) is 6.42 Å². The Morgan fingerprint density at radius 3 is 2.59 bits per heavy atom. The van der Waals surface area contributed by atoms with E-state index in [-0.39, 0.29) is 12.6 Å². The Morgan fingerprint density at radius 1 is 1.41 bits per heavy atom. The lowest BCUT2D eigenvalue weighted by molar-refractivity contribution is 0.273. The maximum Gasteiger partial charge on any atom is 0.203 e. The largest absolute Gasteiger partial charge is 0.491 e. The van der Waals surface area contributed by atoms with E-state index in [0.29, 0.717) is 18.7 Å². The van der Waals surface area contributed by atoms with Gasteiger partial charge < -0.3 is 10.5 Å². The second kappa shape index (κ2) is 6.96. The molecule has 0 aliphatic rings. The van der Waals surface area contributed by atoms with Crippen molar-refractivity contribution in [3.63, 3.8) is 0 Å². The standard InChI is InChI=1S/C11H15ClFN3O/c12-16(11(14)15)7-5-9-1-3-10(4-2-9)17-8-6-13/h1-4H,5-8H2,(H3,14,15). The van der Waals surface area contributed by atoms with Crippen molar-refractivity contribution in [1.82, 2.24) is 4.42 Å². The van der Waals surface area contributed by atoms with Gasteiger partial charge in [0, 0.05) is 18.3 Å². The molecule has 4 nitrogen and oxygen atoms in total. The quantitative estimate of drug-likeness (QED) is 0.466. The lowest BCUT2D eigenvalue weighted by Crippen LogP contribution is -2.30. The molecule has 0 saturated heterocycles. The highest BCUT2D eigenvalue weighted by Gasteiger charge is 2.03. The number of hydrogen-bond donors (Lipinski definition) is 2. The van der Waals surface area contributed by atoms with Crippen molar-refractivity contribution < 1.29 is 9.13 Å². The smallest absolute Gasteiger partial charge is 0.203 e. The van der Waals surface area contributed by atoms with Gasteiger partial charge in [0.15, 0.2) is 0 Å². The highest BCUT2D eigenvalue weighted by Crippen LogP contribution is 2.13.